The van der Waals surface area contributed by atoms with Gasteiger partial charge in [0.1, 0.15) is 5.92 Å². The Morgan fingerprint density at radius 2 is 2.55 bits per heavy atom. The number of carbonyl (C=O) groups excluding carboxylic acids is 1. The molecular weight excluding hydrogens is 140 g/mol. The molecule has 1 rings (SSSR count). The average molecular weight is 148 g/mol. The molecule has 1 aromatic rings. The van der Waals surface area contributed by atoms with Crippen LogP contribution < -0.4 is 0 Å². The van der Waals surface area contributed by atoms with Crippen molar-refractivity contribution in [2.75, 3.05) is 0 Å². The van der Waals surface area contributed by atoms with E-state index in [-0.39, 0.29) is 5.78 Å². The molecule has 1 aromatic heterocycles. The minimum atomic E-state index is -0.561. The first-order valence-electron chi connectivity index (χ1n) is 3.33. The number of hydrogen-bond donors (Lipinski definition) is 1. The molecule has 0 bridgehead atoms. The molecule has 0 aromatic carbocycles. The lowest BCUT2D eigenvalue weighted by Gasteiger charge is -1.96. The highest BCUT2D eigenvalue weighted by Gasteiger charge is 2.13. The van der Waals surface area contributed by atoms with Crippen LogP contribution in [0, 0.1) is 17.2 Å². The zero-order chi connectivity index (χ0) is 8.27. The van der Waals surface area contributed by atoms with Gasteiger partial charge in [0.2, 0.25) is 0 Å². The number of nitrogens with zero attached hydrogens (tertiary/aromatic N) is 1. The summed E-state index contributed by atoms with van der Waals surface area (Å²) in [6.07, 6.45) is 1.66. The van der Waals surface area contributed by atoms with Crippen LogP contribution in [0.2, 0.25) is 0 Å². The van der Waals surface area contributed by atoms with Crippen molar-refractivity contribution in [3.8, 4) is 6.07 Å². The first-order valence-corrected chi connectivity index (χ1v) is 3.33. The van der Waals surface area contributed by atoms with Crippen molar-refractivity contribution < 1.29 is 4.79 Å². The number of H-pyrrole nitrogens is 1. The van der Waals surface area contributed by atoms with E-state index in [1.807, 2.05) is 6.07 Å². The van der Waals surface area contributed by atoms with Crippen LogP contribution in [0.1, 0.15) is 17.4 Å². The van der Waals surface area contributed by atoms with Crippen LogP contribution in [0.3, 0.4) is 0 Å². The number of ketones is 1. The van der Waals surface area contributed by atoms with Gasteiger partial charge >= 0.3 is 0 Å². The minimum absolute atomic E-state index is 0.155. The van der Waals surface area contributed by atoms with Gasteiger partial charge in [-0.2, -0.15) is 5.26 Å². The van der Waals surface area contributed by atoms with Crippen LogP contribution in [0.15, 0.2) is 18.3 Å². The Hall–Kier alpha value is -1.56. The number of aromatic nitrogens is 1. The molecule has 0 spiro atoms. The zero-order valence-corrected chi connectivity index (χ0v) is 6.16. The fourth-order valence-electron chi connectivity index (χ4n) is 0.775. The van der Waals surface area contributed by atoms with Crippen LogP contribution in [0.5, 0.6) is 0 Å². The van der Waals surface area contributed by atoms with E-state index >= 15 is 0 Å². The summed E-state index contributed by atoms with van der Waals surface area (Å²) in [5, 5.41) is 8.42. The molecule has 56 valence electrons. The van der Waals surface area contributed by atoms with Gasteiger partial charge in [0, 0.05) is 6.20 Å². The van der Waals surface area contributed by atoms with Crippen LogP contribution in [0.25, 0.3) is 0 Å². The summed E-state index contributed by atoms with van der Waals surface area (Å²) < 4.78 is 0. The minimum Gasteiger partial charge on any atom is -0.359 e. The number of carbonyl (C=O) groups is 1. The Labute approximate surface area is 64.7 Å². The number of rotatable bonds is 2. The maximum atomic E-state index is 11.2. The standard InChI is InChI=1S/C8H8N2O/c1-6(5-9)8(11)7-3-2-4-10-7/h2-4,6,10H,1H3. The lowest BCUT2D eigenvalue weighted by Crippen LogP contribution is -2.08. The summed E-state index contributed by atoms with van der Waals surface area (Å²) in [5.74, 6) is -0.717. The lowest BCUT2D eigenvalue weighted by atomic mass is 10.1. The Morgan fingerprint density at radius 1 is 1.82 bits per heavy atom. The van der Waals surface area contributed by atoms with Crippen LogP contribution in [-0.2, 0) is 0 Å². The summed E-state index contributed by atoms with van der Waals surface area (Å²) in [6.45, 7) is 1.59. The zero-order valence-electron chi connectivity index (χ0n) is 6.16. The van der Waals surface area contributed by atoms with E-state index in [0.29, 0.717) is 5.69 Å². The van der Waals surface area contributed by atoms with Gasteiger partial charge in [-0.25, -0.2) is 0 Å². The molecule has 3 nitrogen and oxygen atoms in total. The van der Waals surface area contributed by atoms with Gasteiger partial charge in [-0.15, -0.1) is 0 Å². The molecule has 1 heterocycles. The molecule has 0 saturated heterocycles. The molecule has 1 atom stereocenters. The van der Waals surface area contributed by atoms with Crippen molar-refractivity contribution in [2.45, 2.75) is 6.92 Å². The Bertz CT molecular complexity index is 282. The summed E-state index contributed by atoms with van der Waals surface area (Å²) in [5.41, 5.74) is 0.499. The second-order valence-electron chi connectivity index (χ2n) is 2.30. The summed E-state index contributed by atoms with van der Waals surface area (Å²) >= 11 is 0. The fraction of sp³-hybridized carbons (Fsp3) is 0.250. The fourth-order valence-corrected chi connectivity index (χ4v) is 0.775. The molecule has 0 aliphatic rings. The summed E-state index contributed by atoms with van der Waals surface area (Å²) in [6, 6.07) is 5.28. The predicted octanol–water partition coefficient (Wildman–Crippen LogP) is 1.36. The van der Waals surface area contributed by atoms with E-state index in [2.05, 4.69) is 4.98 Å². The van der Waals surface area contributed by atoms with E-state index in [9.17, 15) is 4.79 Å². The average Bonchev–Trinajstić information content (AvgIpc) is 2.53. The van der Waals surface area contributed by atoms with Gasteiger partial charge in [-0.05, 0) is 19.1 Å². The van der Waals surface area contributed by atoms with Gasteiger partial charge in [0.25, 0.3) is 0 Å². The highest BCUT2D eigenvalue weighted by Crippen LogP contribution is 2.04. The first kappa shape index (κ1) is 7.55. The molecule has 0 radical (unpaired) electrons. The molecular formula is C8H8N2O. The van der Waals surface area contributed by atoms with Crippen molar-refractivity contribution in [3.63, 3.8) is 0 Å². The molecule has 0 fully saturated rings. The maximum absolute atomic E-state index is 11.2. The van der Waals surface area contributed by atoms with Crippen molar-refractivity contribution in [2.24, 2.45) is 5.92 Å². The monoisotopic (exact) mass is 148 g/mol. The highest BCUT2D eigenvalue weighted by molar-refractivity contribution is 5.97. The number of aromatic amines is 1. The van der Waals surface area contributed by atoms with Gasteiger partial charge in [-0.3, -0.25) is 4.79 Å². The smallest absolute Gasteiger partial charge is 0.195 e. The number of Topliss-reactive ketones (excluding diaryl/α,β-unsaturated/α-hetero) is 1. The first-order chi connectivity index (χ1) is 5.25. The molecule has 1 N–H and O–H groups in total. The number of hydrogen-bond acceptors (Lipinski definition) is 2. The van der Waals surface area contributed by atoms with E-state index in [1.165, 1.54) is 0 Å². The lowest BCUT2D eigenvalue weighted by molar-refractivity contribution is 0.0952. The van der Waals surface area contributed by atoms with Gasteiger partial charge < -0.3 is 4.98 Å². The molecule has 0 aliphatic heterocycles. The third kappa shape index (κ3) is 1.47. The Kier molecular flexibility index (Phi) is 2.07. The van der Waals surface area contributed by atoms with Crippen molar-refractivity contribution in [1.82, 2.24) is 4.98 Å². The summed E-state index contributed by atoms with van der Waals surface area (Å²) in [4.78, 5) is 13.9. The van der Waals surface area contributed by atoms with Gasteiger partial charge in [-0.1, -0.05) is 0 Å². The highest BCUT2D eigenvalue weighted by atomic mass is 16.1. The normalized spacial score (nSPS) is 12.0. The molecule has 11 heavy (non-hydrogen) atoms. The SMILES string of the molecule is CC(C#N)C(=O)c1ccc[nH]1. The van der Waals surface area contributed by atoms with Crippen LogP contribution in [-0.4, -0.2) is 10.8 Å². The van der Waals surface area contributed by atoms with E-state index in [4.69, 9.17) is 5.26 Å². The van der Waals surface area contributed by atoms with Crippen molar-refractivity contribution in [1.29, 1.82) is 5.26 Å². The quantitative estimate of drug-likeness (QED) is 0.643. The summed E-state index contributed by atoms with van der Waals surface area (Å²) in [7, 11) is 0. The largest absolute Gasteiger partial charge is 0.359 e. The van der Waals surface area contributed by atoms with E-state index < -0.39 is 5.92 Å². The second-order valence-corrected chi connectivity index (χ2v) is 2.30. The molecule has 0 amide bonds. The van der Waals surface area contributed by atoms with Gasteiger partial charge in [0.05, 0.1) is 11.8 Å². The van der Waals surface area contributed by atoms with E-state index in [0.717, 1.165) is 0 Å². The van der Waals surface area contributed by atoms with E-state index in [1.54, 1.807) is 25.3 Å². The topological polar surface area (TPSA) is 56.6 Å². The molecule has 3 heteroatoms. The van der Waals surface area contributed by atoms with Gasteiger partial charge in [0.15, 0.2) is 5.78 Å². The Balaban J connectivity index is 2.81. The van der Waals surface area contributed by atoms with Crippen LogP contribution in [0.4, 0.5) is 0 Å². The molecule has 1 unspecified atom stereocenters. The Morgan fingerprint density at radius 3 is 3.00 bits per heavy atom. The predicted molar refractivity (Wildman–Crippen MR) is 39.9 cm³/mol. The number of nitriles is 1. The molecule has 0 saturated carbocycles. The third-order valence-corrected chi connectivity index (χ3v) is 1.45. The van der Waals surface area contributed by atoms with Crippen LogP contribution >= 0.6 is 0 Å². The second kappa shape index (κ2) is 3.02. The third-order valence-electron chi connectivity index (χ3n) is 1.45. The maximum Gasteiger partial charge on any atom is 0.195 e. The van der Waals surface area contributed by atoms with Crippen molar-refractivity contribution in [3.05, 3.63) is 24.0 Å². The molecule has 0 aliphatic carbocycles. The van der Waals surface area contributed by atoms with Crippen molar-refractivity contribution >= 4 is 5.78 Å². The number of nitrogens with one attached hydrogen (secondary N) is 1.